The average molecular weight is 1530 g/mol. The van der Waals surface area contributed by atoms with Crippen LogP contribution in [0.3, 0.4) is 0 Å². The molecule has 0 spiro atoms. The van der Waals surface area contributed by atoms with Crippen molar-refractivity contribution in [2.45, 2.75) is 378 Å². The zero-order valence-corrected chi connectivity index (χ0v) is 78.6. The topological polar surface area (TPSA) is 98.3 Å². The Morgan fingerprint density at radius 2 is 0.878 bits per heavy atom. The van der Waals surface area contributed by atoms with Crippen LogP contribution in [0.15, 0.2) is 47.6 Å². The van der Waals surface area contributed by atoms with E-state index in [1.807, 2.05) is 0 Å². The van der Waals surface area contributed by atoms with Crippen LogP contribution in [0.2, 0.25) is 0 Å². The molecule has 0 fully saturated rings. The fourth-order valence-corrected chi connectivity index (χ4v) is 24.9. The zero-order chi connectivity index (χ0) is 75.3. The third-order valence-electron chi connectivity index (χ3n) is 20.8. The van der Waals surface area contributed by atoms with Gasteiger partial charge in [-0.1, -0.05) is 254 Å². The molecule has 0 saturated heterocycles. The van der Waals surface area contributed by atoms with Crippen LogP contribution in [0.5, 0.6) is 0 Å². The van der Waals surface area contributed by atoms with E-state index in [9.17, 15) is 19.2 Å². The van der Waals surface area contributed by atoms with Crippen molar-refractivity contribution in [1.29, 1.82) is 0 Å². The van der Waals surface area contributed by atoms with Gasteiger partial charge in [0.25, 0.3) is 0 Å². The van der Waals surface area contributed by atoms with Gasteiger partial charge in [-0.15, -0.1) is 0 Å². The number of hydrogen-bond acceptors (Lipinski definition) is 13. The minimum Gasteiger partial charge on any atom is -0.870 e. The molecule has 0 heterocycles. The standard InChI is InChI=1S/C46H82O4S4.C38H74S4.Na.H2O/c1-19-22-44(16,30-45(17,28-36(9)51-37(10)47)29-43(14,15)41(21-3)52-38(11)48)27-35(8)42(53-39(12)49)34(7)24-33(6)26-46(18,54-40(13)50)25-32(5)23-31(4)20-2;1-15-18-36(12,26-37(13,24-32(9)39)25-35(10,11)33(40)17-3)23-31(8)34(41)30(7)20-29(6)22-38(14,42)21-28(5)19-27(4)16-2;;/h19,22-23,32-36,41-42H,20-21,24-30H2,1-18H3;15,18-19,28-34,39-42H,16-17,20-26H2,1-14H3;;1H2/q;;+1;/p-1/b22-19+,31-23+;18-15+,27-19+;;. The van der Waals surface area contributed by atoms with E-state index in [1.54, 1.807) is 27.7 Å². The van der Waals surface area contributed by atoms with Crippen molar-refractivity contribution >= 4 is 118 Å². The van der Waals surface area contributed by atoms with Crippen LogP contribution < -0.4 is 29.6 Å². The first kappa shape index (κ1) is 106. The summed E-state index contributed by atoms with van der Waals surface area (Å²) in [7, 11) is 0. The van der Waals surface area contributed by atoms with Crippen molar-refractivity contribution in [3.05, 3.63) is 47.6 Å². The molecule has 572 valence electrons. The molecule has 0 aliphatic carbocycles. The quantitative estimate of drug-likeness (QED) is 0.0270. The number of carbonyl (C=O) groups is 4. The van der Waals surface area contributed by atoms with Crippen molar-refractivity contribution in [2.75, 3.05) is 0 Å². The molecular weight excluding hydrogens is 1370 g/mol. The molecule has 0 rings (SSSR count). The summed E-state index contributed by atoms with van der Waals surface area (Å²) in [5, 5.41) is 2.39. The predicted octanol–water partition coefficient (Wildman–Crippen LogP) is 24.7. The van der Waals surface area contributed by atoms with Crippen molar-refractivity contribution < 1.29 is 54.2 Å². The van der Waals surface area contributed by atoms with Gasteiger partial charge in [0.05, 0.1) is 0 Å². The van der Waals surface area contributed by atoms with Crippen LogP contribution in [0, 0.1) is 79.8 Å². The van der Waals surface area contributed by atoms with Crippen LogP contribution >= 0.6 is 97.6 Å². The van der Waals surface area contributed by atoms with Crippen molar-refractivity contribution in [3.63, 3.8) is 0 Å². The summed E-state index contributed by atoms with van der Waals surface area (Å²) >= 11 is 26.3. The molecule has 0 radical (unpaired) electrons. The summed E-state index contributed by atoms with van der Waals surface area (Å²) in [5.41, 5.74) is 3.07. The molecule has 0 bridgehead atoms. The number of thiol groups is 4. The van der Waals surface area contributed by atoms with Crippen LogP contribution in [0.1, 0.15) is 337 Å². The van der Waals surface area contributed by atoms with Crippen LogP contribution in [-0.4, -0.2) is 66.9 Å². The maximum Gasteiger partial charge on any atom is 1.00 e. The van der Waals surface area contributed by atoms with E-state index in [0.717, 1.165) is 96.3 Å². The van der Waals surface area contributed by atoms with Gasteiger partial charge in [0.1, 0.15) is 0 Å². The van der Waals surface area contributed by atoms with Crippen molar-refractivity contribution in [2.24, 2.45) is 79.8 Å². The predicted molar refractivity (Wildman–Crippen MR) is 458 cm³/mol. The Morgan fingerprint density at radius 3 is 1.29 bits per heavy atom. The van der Waals surface area contributed by atoms with E-state index >= 15 is 0 Å². The van der Waals surface area contributed by atoms with Gasteiger partial charge in [0.15, 0.2) is 20.5 Å². The molecule has 0 aromatic carbocycles. The van der Waals surface area contributed by atoms with Crippen LogP contribution in [0.25, 0.3) is 0 Å². The second-order valence-electron chi connectivity index (χ2n) is 35.3. The first-order chi connectivity index (χ1) is 43.7. The smallest absolute Gasteiger partial charge is 0.870 e. The molecule has 20 unspecified atom stereocenters. The van der Waals surface area contributed by atoms with Gasteiger partial charge in [-0.05, 0) is 235 Å². The Hall–Kier alpha value is 1.40. The second-order valence-corrected chi connectivity index (χ2v) is 44.6. The van der Waals surface area contributed by atoms with E-state index in [4.69, 9.17) is 50.5 Å². The molecule has 0 aliphatic rings. The van der Waals surface area contributed by atoms with Crippen LogP contribution in [-0.2, 0) is 19.2 Å². The third kappa shape index (κ3) is 44.6. The Kier molecular flexibility index (Phi) is 53.4. The Bertz CT molecular complexity index is 2400. The van der Waals surface area contributed by atoms with Gasteiger partial charge >= 0.3 is 29.6 Å². The summed E-state index contributed by atoms with van der Waals surface area (Å²) in [6, 6.07) is 0. The van der Waals surface area contributed by atoms with Crippen LogP contribution in [0.4, 0.5) is 0 Å². The van der Waals surface area contributed by atoms with Gasteiger partial charge in [-0.2, -0.15) is 50.5 Å². The number of rotatable bonds is 46. The summed E-state index contributed by atoms with van der Waals surface area (Å²) < 4.78 is -0.0958. The Labute approximate surface area is 671 Å². The molecule has 0 aromatic rings. The van der Waals surface area contributed by atoms with E-state index in [2.05, 4.69) is 230 Å². The molecule has 98 heavy (non-hydrogen) atoms. The number of hydrogen-bond donors (Lipinski definition) is 4. The molecule has 20 atom stereocenters. The fourth-order valence-electron chi connectivity index (χ4n) is 19.0. The van der Waals surface area contributed by atoms with Gasteiger partial charge < -0.3 is 5.48 Å². The fraction of sp³-hybridized carbons (Fsp3) is 0.857. The molecule has 14 heteroatoms. The van der Waals surface area contributed by atoms with E-state index in [1.165, 1.54) is 77.5 Å². The van der Waals surface area contributed by atoms with Gasteiger partial charge in [-0.3, -0.25) is 19.2 Å². The zero-order valence-electron chi connectivity index (χ0n) is 69.8. The first-order valence-electron chi connectivity index (χ1n) is 37.8. The first-order valence-corrected chi connectivity index (χ1v) is 43.2. The molecule has 0 saturated carbocycles. The maximum absolute atomic E-state index is 12.8. The van der Waals surface area contributed by atoms with E-state index < -0.39 is 0 Å². The van der Waals surface area contributed by atoms with E-state index in [-0.39, 0.29) is 119 Å². The maximum atomic E-state index is 12.8. The minimum atomic E-state index is -0.149. The normalized spacial score (nSPS) is 20.9. The molecule has 5 nitrogen and oxygen atoms in total. The molecule has 1 N–H and O–H groups in total. The number of allylic oxidation sites excluding steroid dienone is 8. The number of thioether (sulfide) groups is 4. The third-order valence-corrected chi connectivity index (χ3v) is 28.5. The summed E-state index contributed by atoms with van der Waals surface area (Å²) in [4.78, 5) is 49.8. The molecule has 0 amide bonds. The monoisotopic (exact) mass is 1520 g/mol. The van der Waals surface area contributed by atoms with Crippen molar-refractivity contribution in [1.82, 2.24) is 0 Å². The van der Waals surface area contributed by atoms with Gasteiger partial charge in [0.2, 0.25) is 0 Å². The largest absolute Gasteiger partial charge is 1.00 e. The average Bonchev–Trinajstić information content (AvgIpc) is 0.804. The van der Waals surface area contributed by atoms with E-state index in [0.29, 0.717) is 57.2 Å². The SMILES string of the molecule is C/C=C/C(C)(CC(C)C(S)C(C)CC(C)CC(C)(S)CC(C)/C=C(\C)CC)CC(C)(CC(C)S)CC(C)(C)C(S)CC.C/C=C/C(C)(CC(C)C(SC(C)=O)C(C)CC(C)CC(C)(CC(C)/C=C(\C)CC)SC(C)=O)CC(C)(CC(C)SC(C)=O)CC(C)(C)C(CC)SC(C)=O.[Na+].[OH-]. The van der Waals surface area contributed by atoms with Gasteiger partial charge in [0, 0.05) is 63.4 Å². The number of carbonyl (C=O) groups excluding carboxylic acids is 4. The Morgan fingerprint density at radius 1 is 0.459 bits per heavy atom. The van der Waals surface area contributed by atoms with Crippen molar-refractivity contribution in [3.8, 4) is 0 Å². The molecule has 0 aliphatic heterocycles. The molecular formula is C84H157NaO5S8. The minimum absolute atomic E-state index is 0. The molecule has 0 aromatic heterocycles. The van der Waals surface area contributed by atoms with Gasteiger partial charge in [-0.25, -0.2) is 0 Å². The summed E-state index contributed by atoms with van der Waals surface area (Å²) in [5.74, 6) is 3.69. The Balaban J connectivity index is -0.000000910. The second kappa shape index (κ2) is 49.4. The summed E-state index contributed by atoms with van der Waals surface area (Å²) in [6.07, 6.45) is 33.2. The summed E-state index contributed by atoms with van der Waals surface area (Å²) in [6.45, 7) is 71.6.